The number of carbonyl (C=O) groups excluding carboxylic acids is 1. The number of nitriles is 1. The summed E-state index contributed by atoms with van der Waals surface area (Å²) in [5.41, 5.74) is -0.223. The van der Waals surface area contributed by atoms with E-state index in [4.69, 9.17) is 5.26 Å². The lowest BCUT2D eigenvalue weighted by Crippen LogP contribution is -2.48. The average molecular weight is 228 g/mol. The lowest BCUT2D eigenvalue weighted by molar-refractivity contribution is -0.120. The molecule has 0 rings (SSSR count). The molecule has 0 saturated carbocycles. The fraction of sp³-hybridized carbons (Fsp3) is 0.818. The van der Waals surface area contributed by atoms with Gasteiger partial charge in [-0.05, 0) is 45.4 Å². The van der Waals surface area contributed by atoms with Gasteiger partial charge in [0.2, 0.25) is 5.91 Å². The van der Waals surface area contributed by atoms with Crippen molar-refractivity contribution in [3.05, 3.63) is 0 Å². The average Bonchev–Trinajstić information content (AvgIpc) is 2.01. The van der Waals surface area contributed by atoms with Crippen LogP contribution in [-0.4, -0.2) is 16.2 Å². The lowest BCUT2D eigenvalue weighted by Gasteiger charge is -2.35. The molecule has 0 aromatic rings. The minimum atomic E-state index is -0.223. The maximum Gasteiger partial charge on any atom is 0.217 e. The molecule has 3 nitrogen and oxygen atoms in total. The molecule has 0 aliphatic heterocycles. The minimum absolute atomic E-state index is 0.0166. The molecule has 1 amide bonds. The van der Waals surface area contributed by atoms with Gasteiger partial charge in [0.25, 0.3) is 0 Å². The fourth-order valence-electron chi connectivity index (χ4n) is 1.78. The number of thiocyanates is 1. The molecule has 1 atom stereocenters. The molecule has 0 aliphatic rings. The van der Waals surface area contributed by atoms with Crippen molar-refractivity contribution in [2.45, 2.75) is 57.7 Å². The van der Waals surface area contributed by atoms with Gasteiger partial charge in [0.1, 0.15) is 5.40 Å². The van der Waals surface area contributed by atoms with Crippen molar-refractivity contribution in [1.82, 2.24) is 5.32 Å². The fourth-order valence-corrected chi connectivity index (χ4v) is 2.42. The molecule has 0 saturated heterocycles. The van der Waals surface area contributed by atoms with Crippen molar-refractivity contribution in [3.8, 4) is 5.40 Å². The van der Waals surface area contributed by atoms with Crippen molar-refractivity contribution < 1.29 is 4.79 Å². The summed E-state index contributed by atoms with van der Waals surface area (Å²) >= 11 is 1.26. The summed E-state index contributed by atoms with van der Waals surface area (Å²) in [5.74, 6) is -0.0166. The monoisotopic (exact) mass is 228 g/mol. The highest BCUT2D eigenvalue weighted by atomic mass is 32.2. The predicted molar refractivity (Wildman–Crippen MR) is 64.4 cm³/mol. The highest BCUT2D eigenvalue weighted by Crippen LogP contribution is 2.33. The van der Waals surface area contributed by atoms with Crippen LogP contribution in [0.3, 0.4) is 0 Å². The molecule has 0 fully saturated rings. The Bertz CT molecular complexity index is 270. The van der Waals surface area contributed by atoms with Gasteiger partial charge in [-0.15, -0.1) is 0 Å². The van der Waals surface area contributed by atoms with Crippen LogP contribution in [0, 0.1) is 10.7 Å². The molecule has 0 spiro atoms. The Morgan fingerprint density at radius 3 is 2.33 bits per heavy atom. The van der Waals surface area contributed by atoms with E-state index in [0.717, 1.165) is 12.8 Å². The van der Waals surface area contributed by atoms with Crippen LogP contribution in [0.25, 0.3) is 0 Å². The molecule has 86 valence electrons. The zero-order chi connectivity index (χ0) is 12.1. The van der Waals surface area contributed by atoms with Crippen LogP contribution in [0.5, 0.6) is 0 Å². The molecule has 0 aromatic carbocycles. The molecule has 1 N–H and O–H groups in total. The van der Waals surface area contributed by atoms with Crippen molar-refractivity contribution in [3.63, 3.8) is 0 Å². The largest absolute Gasteiger partial charge is 0.351 e. The third-order valence-corrected chi connectivity index (χ3v) is 3.18. The maximum atomic E-state index is 11.1. The second-order valence-corrected chi connectivity index (χ2v) is 6.22. The van der Waals surface area contributed by atoms with Crippen molar-refractivity contribution in [2.75, 3.05) is 0 Å². The molecule has 0 aromatic heterocycles. The predicted octanol–water partition coefficient (Wildman–Crippen LogP) is 2.67. The van der Waals surface area contributed by atoms with E-state index in [2.05, 4.69) is 10.7 Å². The van der Waals surface area contributed by atoms with Crippen LogP contribution in [0.15, 0.2) is 0 Å². The quantitative estimate of drug-likeness (QED) is 0.736. The van der Waals surface area contributed by atoms with Gasteiger partial charge in [-0.2, -0.15) is 5.26 Å². The number of hydrogen-bond donors (Lipinski definition) is 1. The summed E-state index contributed by atoms with van der Waals surface area (Å²) in [5, 5.41) is 13.7. The van der Waals surface area contributed by atoms with E-state index in [-0.39, 0.29) is 16.2 Å². The van der Waals surface area contributed by atoms with E-state index in [1.165, 1.54) is 18.7 Å². The third kappa shape index (κ3) is 5.68. The number of nitrogens with zero attached hydrogens (tertiary/aromatic N) is 1. The molecule has 0 bridgehead atoms. The highest BCUT2D eigenvalue weighted by molar-refractivity contribution is 8.04. The molecule has 1 unspecified atom stereocenters. The Morgan fingerprint density at radius 2 is 2.00 bits per heavy atom. The molecular formula is C11H20N2OS. The summed E-state index contributed by atoms with van der Waals surface area (Å²) < 4.78 is -0.137. The minimum Gasteiger partial charge on any atom is -0.351 e. The van der Waals surface area contributed by atoms with E-state index in [1.807, 2.05) is 27.7 Å². The van der Waals surface area contributed by atoms with E-state index >= 15 is 0 Å². The van der Waals surface area contributed by atoms with Crippen molar-refractivity contribution in [2.24, 2.45) is 0 Å². The Labute approximate surface area is 96.6 Å². The van der Waals surface area contributed by atoms with Gasteiger partial charge in [0.05, 0.1) is 0 Å². The van der Waals surface area contributed by atoms with E-state index in [0.29, 0.717) is 0 Å². The highest BCUT2D eigenvalue weighted by Gasteiger charge is 2.32. The number of hydrogen-bond acceptors (Lipinski definition) is 3. The van der Waals surface area contributed by atoms with Crippen LogP contribution >= 0.6 is 11.8 Å². The number of amides is 1. The SMILES string of the molecule is CCC(C)(CC(C)(C)SC#N)NC(C)=O. The smallest absolute Gasteiger partial charge is 0.217 e. The summed E-state index contributed by atoms with van der Waals surface area (Å²) in [7, 11) is 0. The zero-order valence-corrected chi connectivity index (χ0v) is 11.0. The molecule has 4 heteroatoms. The van der Waals surface area contributed by atoms with Gasteiger partial charge in [-0.25, -0.2) is 0 Å². The second kappa shape index (κ2) is 5.41. The Hall–Kier alpha value is -0.690. The first-order valence-corrected chi connectivity index (χ1v) is 5.92. The summed E-state index contributed by atoms with van der Waals surface area (Å²) in [6.45, 7) is 9.64. The summed E-state index contributed by atoms with van der Waals surface area (Å²) in [6.07, 6.45) is 1.65. The molecule has 0 aliphatic carbocycles. The van der Waals surface area contributed by atoms with Crippen LogP contribution in [-0.2, 0) is 4.79 Å². The van der Waals surface area contributed by atoms with Gasteiger partial charge in [-0.1, -0.05) is 6.92 Å². The third-order valence-electron chi connectivity index (χ3n) is 2.40. The van der Waals surface area contributed by atoms with E-state index in [1.54, 1.807) is 0 Å². The van der Waals surface area contributed by atoms with Crippen LogP contribution in [0.2, 0.25) is 0 Å². The number of rotatable bonds is 5. The van der Waals surface area contributed by atoms with Crippen LogP contribution < -0.4 is 5.32 Å². The van der Waals surface area contributed by atoms with Crippen LogP contribution in [0.4, 0.5) is 0 Å². The normalized spacial score (nSPS) is 15.2. The first kappa shape index (κ1) is 14.3. The summed E-state index contributed by atoms with van der Waals surface area (Å²) in [4.78, 5) is 11.1. The standard InChI is InChI=1S/C11H20N2OS/c1-6-11(5,13-9(2)14)7-10(3,4)15-8-12/h6-7H2,1-5H3,(H,13,14). The topological polar surface area (TPSA) is 52.9 Å². The second-order valence-electron chi connectivity index (χ2n) is 4.73. The Morgan fingerprint density at radius 1 is 1.47 bits per heavy atom. The van der Waals surface area contributed by atoms with Gasteiger partial charge in [0.15, 0.2) is 0 Å². The van der Waals surface area contributed by atoms with Gasteiger partial charge in [0, 0.05) is 17.2 Å². The lowest BCUT2D eigenvalue weighted by atomic mass is 9.87. The van der Waals surface area contributed by atoms with E-state index < -0.39 is 0 Å². The number of carbonyl (C=O) groups is 1. The summed E-state index contributed by atoms with van der Waals surface area (Å²) in [6, 6.07) is 0. The van der Waals surface area contributed by atoms with E-state index in [9.17, 15) is 4.79 Å². The molecule has 15 heavy (non-hydrogen) atoms. The van der Waals surface area contributed by atoms with Crippen LogP contribution in [0.1, 0.15) is 47.5 Å². The molecule has 0 heterocycles. The number of thioether (sulfide) groups is 1. The molecular weight excluding hydrogens is 208 g/mol. The maximum absolute atomic E-state index is 11.1. The van der Waals surface area contributed by atoms with Gasteiger partial charge >= 0.3 is 0 Å². The van der Waals surface area contributed by atoms with Gasteiger partial charge < -0.3 is 5.32 Å². The molecule has 0 radical (unpaired) electrons. The Kier molecular flexibility index (Phi) is 5.16. The van der Waals surface area contributed by atoms with Gasteiger partial charge in [-0.3, -0.25) is 4.79 Å². The first-order chi connectivity index (χ1) is 6.74. The Balaban J connectivity index is 4.56. The number of nitrogens with one attached hydrogen (secondary N) is 1. The zero-order valence-electron chi connectivity index (χ0n) is 10.2. The van der Waals surface area contributed by atoms with Crippen molar-refractivity contribution in [1.29, 1.82) is 5.26 Å². The van der Waals surface area contributed by atoms with Crippen molar-refractivity contribution >= 4 is 17.7 Å². The first-order valence-electron chi connectivity index (χ1n) is 5.10.